The van der Waals surface area contributed by atoms with E-state index in [1.165, 1.54) is 6.42 Å². The van der Waals surface area contributed by atoms with Crippen molar-refractivity contribution in [3.63, 3.8) is 0 Å². The summed E-state index contributed by atoms with van der Waals surface area (Å²) in [4.78, 5) is 11.9. The lowest BCUT2D eigenvalue weighted by molar-refractivity contribution is -0.127. The van der Waals surface area contributed by atoms with Crippen molar-refractivity contribution in [3.05, 3.63) is 0 Å². The third-order valence-electron chi connectivity index (χ3n) is 4.39. The Morgan fingerprint density at radius 2 is 2.15 bits per heavy atom. The second-order valence-electron chi connectivity index (χ2n) is 4.63. The maximum Gasteiger partial charge on any atom is 0.140 e. The first-order chi connectivity index (χ1) is 6.10. The van der Waals surface area contributed by atoms with Crippen molar-refractivity contribution >= 4 is 37.6 Å². The molecule has 0 saturated heterocycles. The molecular formula is C10H14Br2O. The van der Waals surface area contributed by atoms with E-state index in [9.17, 15) is 4.79 Å². The minimum absolute atomic E-state index is 0.0544. The smallest absolute Gasteiger partial charge is 0.140 e. The SMILES string of the molecule is C[C@]1(CBr)[C@@H]2CC[C@]1(CBr)C(=O)C2. The van der Waals surface area contributed by atoms with E-state index in [0.717, 1.165) is 23.5 Å². The highest BCUT2D eigenvalue weighted by molar-refractivity contribution is 9.09. The predicted octanol–water partition coefficient (Wildman–Crippen LogP) is 3.15. The maximum atomic E-state index is 11.9. The summed E-state index contributed by atoms with van der Waals surface area (Å²) in [6.45, 7) is 2.27. The van der Waals surface area contributed by atoms with Gasteiger partial charge in [0.25, 0.3) is 0 Å². The number of fused-ring (bicyclic) bond motifs is 2. The van der Waals surface area contributed by atoms with Crippen LogP contribution in [0.2, 0.25) is 0 Å². The van der Waals surface area contributed by atoms with Crippen molar-refractivity contribution in [2.24, 2.45) is 16.7 Å². The number of halogens is 2. The van der Waals surface area contributed by atoms with Crippen LogP contribution in [0, 0.1) is 16.7 Å². The predicted molar refractivity (Wildman–Crippen MR) is 60.5 cm³/mol. The second-order valence-corrected chi connectivity index (χ2v) is 5.75. The first-order valence-electron chi connectivity index (χ1n) is 4.76. The largest absolute Gasteiger partial charge is 0.299 e. The highest BCUT2D eigenvalue weighted by Crippen LogP contribution is 2.65. The van der Waals surface area contributed by atoms with Crippen molar-refractivity contribution in [2.45, 2.75) is 26.2 Å². The van der Waals surface area contributed by atoms with Crippen LogP contribution in [0.25, 0.3) is 0 Å². The molecule has 2 aliphatic rings. The van der Waals surface area contributed by atoms with Gasteiger partial charge in [0.2, 0.25) is 0 Å². The first-order valence-corrected chi connectivity index (χ1v) is 7.00. The van der Waals surface area contributed by atoms with Crippen LogP contribution in [0.5, 0.6) is 0 Å². The average molecular weight is 310 g/mol. The number of ketones is 1. The van der Waals surface area contributed by atoms with Crippen LogP contribution >= 0.6 is 31.9 Å². The highest BCUT2D eigenvalue weighted by Gasteiger charge is 2.65. The molecule has 2 aliphatic carbocycles. The Morgan fingerprint density at radius 3 is 2.54 bits per heavy atom. The Bertz CT molecular complexity index is 253. The first kappa shape index (κ1) is 10.2. The molecule has 0 amide bonds. The Kier molecular flexibility index (Phi) is 2.39. The molecule has 3 heteroatoms. The van der Waals surface area contributed by atoms with E-state index in [1.807, 2.05) is 0 Å². The van der Waals surface area contributed by atoms with Crippen molar-refractivity contribution in [2.75, 3.05) is 10.7 Å². The second kappa shape index (κ2) is 3.06. The lowest BCUT2D eigenvalue weighted by Gasteiger charge is -2.36. The fourth-order valence-corrected chi connectivity index (χ4v) is 5.38. The van der Waals surface area contributed by atoms with E-state index in [0.29, 0.717) is 11.7 Å². The summed E-state index contributed by atoms with van der Waals surface area (Å²) in [6.07, 6.45) is 3.14. The van der Waals surface area contributed by atoms with Gasteiger partial charge in [-0.05, 0) is 24.2 Å². The molecule has 0 heterocycles. The number of carbonyl (C=O) groups excluding carboxylic acids is 1. The Labute approximate surface area is 95.9 Å². The van der Waals surface area contributed by atoms with E-state index in [1.54, 1.807) is 0 Å². The van der Waals surface area contributed by atoms with E-state index in [-0.39, 0.29) is 10.8 Å². The molecule has 2 fully saturated rings. The van der Waals surface area contributed by atoms with Crippen LogP contribution in [0.15, 0.2) is 0 Å². The van der Waals surface area contributed by atoms with Gasteiger partial charge in [-0.2, -0.15) is 0 Å². The molecule has 0 spiro atoms. The minimum atomic E-state index is -0.0544. The van der Waals surface area contributed by atoms with E-state index >= 15 is 0 Å². The molecule has 2 bridgehead atoms. The molecule has 0 aromatic rings. The molecular weight excluding hydrogens is 296 g/mol. The summed E-state index contributed by atoms with van der Waals surface area (Å²) in [6, 6.07) is 0. The van der Waals surface area contributed by atoms with Crippen LogP contribution in [0.1, 0.15) is 26.2 Å². The van der Waals surface area contributed by atoms with Gasteiger partial charge >= 0.3 is 0 Å². The fourth-order valence-electron chi connectivity index (χ4n) is 3.15. The average Bonchev–Trinajstić information content (AvgIpc) is 2.53. The van der Waals surface area contributed by atoms with Crippen molar-refractivity contribution in [3.8, 4) is 0 Å². The number of hydrogen-bond acceptors (Lipinski definition) is 1. The molecule has 2 saturated carbocycles. The van der Waals surface area contributed by atoms with Gasteiger partial charge in [-0.3, -0.25) is 4.79 Å². The lowest BCUT2D eigenvalue weighted by Crippen LogP contribution is -2.40. The molecule has 74 valence electrons. The van der Waals surface area contributed by atoms with Crippen LogP contribution in [-0.4, -0.2) is 16.4 Å². The highest BCUT2D eigenvalue weighted by atomic mass is 79.9. The van der Waals surface area contributed by atoms with Gasteiger partial charge in [0, 0.05) is 22.5 Å². The van der Waals surface area contributed by atoms with Gasteiger partial charge in [-0.25, -0.2) is 0 Å². The van der Waals surface area contributed by atoms with Gasteiger partial charge < -0.3 is 0 Å². The normalized spacial score (nSPS) is 48.8. The zero-order valence-corrected chi connectivity index (χ0v) is 10.9. The molecule has 0 radical (unpaired) electrons. The summed E-state index contributed by atoms with van der Waals surface area (Å²) < 4.78 is 0. The number of Topliss-reactive ketones (excluding diaryl/α,β-unsaturated/α-hetero) is 1. The summed E-state index contributed by atoms with van der Waals surface area (Å²) in [7, 11) is 0. The molecule has 3 atom stereocenters. The van der Waals surface area contributed by atoms with Crippen LogP contribution in [0.4, 0.5) is 0 Å². The van der Waals surface area contributed by atoms with Crippen molar-refractivity contribution in [1.82, 2.24) is 0 Å². The fraction of sp³-hybridized carbons (Fsp3) is 0.900. The Morgan fingerprint density at radius 1 is 1.46 bits per heavy atom. The van der Waals surface area contributed by atoms with Gasteiger partial charge in [0.05, 0.1) is 0 Å². The van der Waals surface area contributed by atoms with Gasteiger partial charge in [0.15, 0.2) is 0 Å². The van der Waals surface area contributed by atoms with Crippen LogP contribution in [-0.2, 0) is 4.79 Å². The standard InChI is InChI=1S/C10H14Br2O/c1-9(5-11)7-2-3-10(9,6-12)8(13)4-7/h7H,2-6H2,1H3/t7-,9+,10+/m1/s1. The third-order valence-corrected chi connectivity index (χ3v) is 6.51. The summed E-state index contributed by atoms with van der Waals surface area (Å²) in [5.74, 6) is 1.11. The monoisotopic (exact) mass is 308 g/mol. The van der Waals surface area contributed by atoms with Crippen molar-refractivity contribution < 1.29 is 4.79 Å². The van der Waals surface area contributed by atoms with Gasteiger partial charge in [-0.1, -0.05) is 38.8 Å². The molecule has 13 heavy (non-hydrogen) atoms. The lowest BCUT2D eigenvalue weighted by atomic mass is 9.70. The zero-order valence-electron chi connectivity index (χ0n) is 7.78. The summed E-state index contributed by atoms with van der Waals surface area (Å²) >= 11 is 7.12. The quantitative estimate of drug-likeness (QED) is 0.716. The van der Waals surface area contributed by atoms with E-state index < -0.39 is 0 Å². The number of carbonyl (C=O) groups is 1. The molecule has 0 unspecified atom stereocenters. The third kappa shape index (κ3) is 1.01. The van der Waals surface area contributed by atoms with E-state index in [4.69, 9.17) is 0 Å². The summed E-state index contributed by atoms with van der Waals surface area (Å²) in [5.41, 5.74) is 0.148. The zero-order chi connectivity index (χ0) is 9.69. The molecule has 2 rings (SSSR count). The Hall–Kier alpha value is 0.630. The number of rotatable bonds is 2. The number of alkyl halides is 2. The van der Waals surface area contributed by atoms with Crippen molar-refractivity contribution in [1.29, 1.82) is 0 Å². The molecule has 0 N–H and O–H groups in total. The molecule has 0 aromatic heterocycles. The van der Waals surface area contributed by atoms with Gasteiger partial charge in [0.1, 0.15) is 5.78 Å². The summed E-state index contributed by atoms with van der Waals surface area (Å²) in [5, 5.41) is 1.80. The Balaban J connectivity index is 2.45. The minimum Gasteiger partial charge on any atom is -0.299 e. The maximum absolute atomic E-state index is 11.9. The molecule has 0 aliphatic heterocycles. The topological polar surface area (TPSA) is 17.1 Å². The number of hydrogen-bond donors (Lipinski definition) is 0. The molecule has 1 nitrogen and oxygen atoms in total. The van der Waals surface area contributed by atoms with Crippen LogP contribution in [0.3, 0.4) is 0 Å². The van der Waals surface area contributed by atoms with E-state index in [2.05, 4.69) is 38.8 Å². The van der Waals surface area contributed by atoms with Crippen LogP contribution < -0.4 is 0 Å². The van der Waals surface area contributed by atoms with Gasteiger partial charge in [-0.15, -0.1) is 0 Å². The molecule has 0 aromatic carbocycles.